The van der Waals surface area contributed by atoms with Crippen molar-refractivity contribution in [2.75, 3.05) is 11.9 Å². The van der Waals surface area contributed by atoms with Gasteiger partial charge < -0.3 is 15.2 Å². The molecule has 0 aliphatic rings. The summed E-state index contributed by atoms with van der Waals surface area (Å²) < 4.78 is 5.34. The summed E-state index contributed by atoms with van der Waals surface area (Å²) in [7, 11) is 0. The van der Waals surface area contributed by atoms with Crippen molar-refractivity contribution in [3.05, 3.63) is 47.2 Å². The zero-order valence-electron chi connectivity index (χ0n) is 10.6. The zero-order chi connectivity index (χ0) is 13.7. The van der Waals surface area contributed by atoms with Crippen LogP contribution in [0.25, 0.3) is 0 Å². The SMILES string of the molecule is CCOc1cccc(CNc2cccnc2Cl)c1O. The van der Waals surface area contributed by atoms with E-state index in [1.807, 2.05) is 25.1 Å². The van der Waals surface area contributed by atoms with Gasteiger partial charge in [0.2, 0.25) is 0 Å². The molecule has 0 aliphatic carbocycles. The molecule has 0 fully saturated rings. The Morgan fingerprint density at radius 3 is 2.89 bits per heavy atom. The summed E-state index contributed by atoms with van der Waals surface area (Å²) in [4.78, 5) is 3.98. The Kier molecular flexibility index (Phi) is 4.47. The number of aromatic nitrogens is 1. The first kappa shape index (κ1) is 13.5. The van der Waals surface area contributed by atoms with E-state index in [9.17, 15) is 5.11 Å². The first-order valence-corrected chi connectivity index (χ1v) is 6.38. The topological polar surface area (TPSA) is 54.4 Å². The summed E-state index contributed by atoms with van der Waals surface area (Å²) in [5.74, 6) is 0.635. The van der Waals surface area contributed by atoms with Crippen LogP contribution in [0.15, 0.2) is 36.5 Å². The smallest absolute Gasteiger partial charge is 0.162 e. The molecule has 2 N–H and O–H groups in total. The van der Waals surface area contributed by atoms with E-state index in [1.165, 1.54) is 0 Å². The molecule has 0 radical (unpaired) electrons. The molecule has 2 rings (SSSR count). The van der Waals surface area contributed by atoms with Crippen LogP contribution in [0.5, 0.6) is 11.5 Å². The van der Waals surface area contributed by atoms with Crippen LogP contribution >= 0.6 is 11.6 Å². The van der Waals surface area contributed by atoms with Crippen molar-refractivity contribution in [1.82, 2.24) is 4.98 Å². The number of phenolic OH excluding ortho intramolecular Hbond substituents is 1. The van der Waals surface area contributed by atoms with Gasteiger partial charge in [0.25, 0.3) is 0 Å². The van der Waals surface area contributed by atoms with Crippen molar-refractivity contribution in [1.29, 1.82) is 0 Å². The highest BCUT2D eigenvalue weighted by Crippen LogP contribution is 2.30. The molecule has 0 amide bonds. The normalized spacial score (nSPS) is 10.2. The second-order valence-corrected chi connectivity index (χ2v) is 4.25. The van der Waals surface area contributed by atoms with E-state index in [0.29, 0.717) is 24.1 Å². The number of anilines is 1. The summed E-state index contributed by atoms with van der Waals surface area (Å²) in [5, 5.41) is 13.6. The Balaban J connectivity index is 2.12. The summed E-state index contributed by atoms with van der Waals surface area (Å²) >= 11 is 5.95. The fourth-order valence-electron chi connectivity index (χ4n) is 1.69. The fraction of sp³-hybridized carbons (Fsp3) is 0.214. The van der Waals surface area contributed by atoms with Crippen LogP contribution in [0.2, 0.25) is 5.15 Å². The number of hydrogen-bond donors (Lipinski definition) is 2. The van der Waals surface area contributed by atoms with Gasteiger partial charge in [-0.05, 0) is 25.1 Å². The molecular formula is C14H15ClN2O2. The molecule has 0 spiro atoms. The lowest BCUT2D eigenvalue weighted by molar-refractivity contribution is 0.317. The number of para-hydroxylation sites is 1. The lowest BCUT2D eigenvalue weighted by atomic mass is 10.2. The maximum atomic E-state index is 10.1. The Morgan fingerprint density at radius 2 is 2.16 bits per heavy atom. The molecule has 0 atom stereocenters. The first-order valence-electron chi connectivity index (χ1n) is 6.00. The predicted octanol–water partition coefficient (Wildman–Crippen LogP) is 3.45. The fourth-order valence-corrected chi connectivity index (χ4v) is 1.88. The molecule has 100 valence electrons. The number of rotatable bonds is 5. The van der Waals surface area contributed by atoms with Crippen molar-refractivity contribution in [2.45, 2.75) is 13.5 Å². The number of ether oxygens (including phenoxy) is 1. The second-order valence-electron chi connectivity index (χ2n) is 3.89. The number of phenols is 1. The van der Waals surface area contributed by atoms with Gasteiger partial charge in [0, 0.05) is 18.3 Å². The molecule has 19 heavy (non-hydrogen) atoms. The van der Waals surface area contributed by atoms with E-state index >= 15 is 0 Å². The van der Waals surface area contributed by atoms with Crippen molar-refractivity contribution in [3.8, 4) is 11.5 Å². The highest BCUT2D eigenvalue weighted by molar-refractivity contribution is 6.31. The van der Waals surface area contributed by atoms with Crippen LogP contribution in [0, 0.1) is 0 Å². The van der Waals surface area contributed by atoms with Crippen LogP contribution in [0.3, 0.4) is 0 Å². The van der Waals surface area contributed by atoms with Gasteiger partial charge in [-0.2, -0.15) is 0 Å². The van der Waals surface area contributed by atoms with Gasteiger partial charge in [-0.1, -0.05) is 23.7 Å². The van der Waals surface area contributed by atoms with Gasteiger partial charge >= 0.3 is 0 Å². The number of aromatic hydroxyl groups is 1. The number of nitrogens with one attached hydrogen (secondary N) is 1. The minimum Gasteiger partial charge on any atom is -0.504 e. The Bertz CT molecular complexity index is 561. The number of pyridine rings is 1. The number of halogens is 1. The molecule has 4 nitrogen and oxygen atoms in total. The number of benzene rings is 1. The van der Waals surface area contributed by atoms with Crippen LogP contribution in [-0.2, 0) is 6.54 Å². The molecule has 2 aromatic rings. The lowest BCUT2D eigenvalue weighted by Gasteiger charge is -2.12. The number of nitrogens with zero attached hydrogens (tertiary/aromatic N) is 1. The Hall–Kier alpha value is -1.94. The lowest BCUT2D eigenvalue weighted by Crippen LogP contribution is -2.02. The molecule has 1 heterocycles. The monoisotopic (exact) mass is 278 g/mol. The third-order valence-electron chi connectivity index (χ3n) is 2.61. The molecule has 0 saturated carbocycles. The first-order chi connectivity index (χ1) is 9.22. The quantitative estimate of drug-likeness (QED) is 0.823. The van der Waals surface area contributed by atoms with E-state index in [0.717, 1.165) is 11.3 Å². The Labute approximate surface area is 117 Å². The third kappa shape index (κ3) is 3.29. The van der Waals surface area contributed by atoms with Crippen LogP contribution < -0.4 is 10.1 Å². The molecule has 0 aliphatic heterocycles. The maximum absolute atomic E-state index is 10.1. The largest absolute Gasteiger partial charge is 0.504 e. The number of hydrogen-bond acceptors (Lipinski definition) is 4. The average molecular weight is 279 g/mol. The van der Waals surface area contributed by atoms with Crippen molar-refractivity contribution >= 4 is 17.3 Å². The zero-order valence-corrected chi connectivity index (χ0v) is 11.3. The highest BCUT2D eigenvalue weighted by Gasteiger charge is 2.08. The van der Waals surface area contributed by atoms with Crippen LogP contribution in [-0.4, -0.2) is 16.7 Å². The van der Waals surface area contributed by atoms with E-state index in [4.69, 9.17) is 16.3 Å². The molecule has 1 aromatic carbocycles. The minimum absolute atomic E-state index is 0.150. The van der Waals surface area contributed by atoms with Crippen LogP contribution in [0.4, 0.5) is 5.69 Å². The maximum Gasteiger partial charge on any atom is 0.162 e. The highest BCUT2D eigenvalue weighted by atomic mass is 35.5. The second kappa shape index (κ2) is 6.29. The standard InChI is InChI=1S/C14H15ClN2O2/c1-2-19-12-7-3-5-10(13(12)18)9-17-11-6-4-8-16-14(11)15/h3-8,17-18H,2,9H2,1H3. The summed E-state index contributed by atoms with van der Waals surface area (Å²) in [6.07, 6.45) is 1.63. The van der Waals surface area contributed by atoms with Gasteiger partial charge in [0.05, 0.1) is 12.3 Å². The minimum atomic E-state index is 0.150. The van der Waals surface area contributed by atoms with Crippen molar-refractivity contribution in [3.63, 3.8) is 0 Å². The van der Waals surface area contributed by atoms with Gasteiger partial charge in [0.15, 0.2) is 16.7 Å². The van der Waals surface area contributed by atoms with Gasteiger partial charge in [-0.25, -0.2) is 4.98 Å². The molecule has 0 unspecified atom stereocenters. The molecule has 0 saturated heterocycles. The summed E-state index contributed by atoms with van der Waals surface area (Å²) in [5.41, 5.74) is 1.47. The van der Waals surface area contributed by atoms with E-state index in [1.54, 1.807) is 18.3 Å². The average Bonchev–Trinajstić information content (AvgIpc) is 2.42. The molecular weight excluding hydrogens is 264 g/mol. The van der Waals surface area contributed by atoms with E-state index in [-0.39, 0.29) is 5.75 Å². The summed E-state index contributed by atoms with van der Waals surface area (Å²) in [6.45, 7) is 2.83. The molecule has 1 aromatic heterocycles. The van der Waals surface area contributed by atoms with E-state index < -0.39 is 0 Å². The molecule has 0 bridgehead atoms. The van der Waals surface area contributed by atoms with Crippen LogP contribution in [0.1, 0.15) is 12.5 Å². The van der Waals surface area contributed by atoms with Gasteiger partial charge in [-0.15, -0.1) is 0 Å². The third-order valence-corrected chi connectivity index (χ3v) is 2.91. The summed E-state index contributed by atoms with van der Waals surface area (Å²) in [6, 6.07) is 9.03. The predicted molar refractivity (Wildman–Crippen MR) is 75.8 cm³/mol. The van der Waals surface area contributed by atoms with Gasteiger partial charge in [-0.3, -0.25) is 0 Å². The van der Waals surface area contributed by atoms with Crippen molar-refractivity contribution < 1.29 is 9.84 Å². The Morgan fingerprint density at radius 1 is 1.32 bits per heavy atom. The van der Waals surface area contributed by atoms with E-state index in [2.05, 4.69) is 10.3 Å². The molecule has 5 heteroatoms. The van der Waals surface area contributed by atoms with Gasteiger partial charge in [0.1, 0.15) is 0 Å². The van der Waals surface area contributed by atoms with Crippen molar-refractivity contribution in [2.24, 2.45) is 0 Å².